The minimum absolute atomic E-state index is 0.0486. The molecular weight excluding hydrogens is 451 g/mol. The Morgan fingerprint density at radius 2 is 1.70 bits per heavy atom. The van der Waals surface area contributed by atoms with Crippen LogP contribution in [0.3, 0.4) is 0 Å². The predicted octanol–water partition coefficient (Wildman–Crippen LogP) is 4.72. The van der Waals surface area contributed by atoms with Gasteiger partial charge in [-0.05, 0) is 54.6 Å². The molecule has 3 rings (SSSR count). The van der Waals surface area contributed by atoms with Crippen LogP contribution in [0, 0.1) is 11.6 Å². The smallest absolute Gasteiger partial charge is 0.416 e. The van der Waals surface area contributed by atoms with Crippen LogP contribution in [0.4, 0.5) is 22.0 Å². The fourth-order valence-corrected chi connectivity index (χ4v) is 2.74. The zero-order valence-corrected chi connectivity index (χ0v) is 16.9. The van der Waals surface area contributed by atoms with Crippen molar-refractivity contribution >= 4 is 11.8 Å². The van der Waals surface area contributed by atoms with Gasteiger partial charge in [-0.2, -0.15) is 18.3 Å². The quantitative estimate of drug-likeness (QED) is 0.166. The Morgan fingerprint density at radius 1 is 1.00 bits per heavy atom. The number of carbonyl (C=O) groups excluding carboxylic acids is 2. The number of allylic oxidation sites excluding steroid dienone is 1. The molecule has 1 heterocycles. The average Bonchev–Trinajstić information content (AvgIpc) is 3.23. The number of hydrogen-bond donors (Lipinski definition) is 0. The van der Waals surface area contributed by atoms with Gasteiger partial charge in [0.15, 0.2) is 18.4 Å². The third kappa shape index (κ3) is 5.69. The molecule has 33 heavy (non-hydrogen) atoms. The number of rotatable bonds is 7. The predicted molar refractivity (Wildman–Crippen MR) is 105 cm³/mol. The fraction of sp³-hybridized carbons (Fsp3) is 0.136. The van der Waals surface area contributed by atoms with E-state index in [1.54, 1.807) is 0 Å². The molecule has 0 aliphatic heterocycles. The van der Waals surface area contributed by atoms with Crippen LogP contribution >= 0.6 is 0 Å². The van der Waals surface area contributed by atoms with E-state index in [0.717, 1.165) is 53.2 Å². The van der Waals surface area contributed by atoms with E-state index in [1.165, 1.54) is 19.2 Å². The summed E-state index contributed by atoms with van der Waals surface area (Å²) in [5.41, 5.74) is -0.793. The lowest BCUT2D eigenvalue weighted by Crippen LogP contribution is -2.09. The standard InChI is InChI=1S/C22H15F5N2O4/c1-32-12-33-21(31)9-8-20(30)19-11-18(13-2-7-16(23)17(24)10-13)28-29(19)15-5-3-14(4-6-15)22(25,26)27/h2-11H,12H2,1H3/b9-8-. The number of ether oxygens (including phenoxy) is 2. The summed E-state index contributed by atoms with van der Waals surface area (Å²) in [4.78, 5) is 24.3. The second kappa shape index (κ2) is 9.74. The second-order valence-electron chi connectivity index (χ2n) is 6.57. The van der Waals surface area contributed by atoms with E-state index in [9.17, 15) is 31.5 Å². The van der Waals surface area contributed by atoms with E-state index in [2.05, 4.69) is 14.6 Å². The Bertz CT molecular complexity index is 1200. The maximum absolute atomic E-state index is 13.7. The van der Waals surface area contributed by atoms with E-state index >= 15 is 0 Å². The molecule has 172 valence electrons. The summed E-state index contributed by atoms with van der Waals surface area (Å²) in [5, 5.41) is 4.17. The summed E-state index contributed by atoms with van der Waals surface area (Å²) in [7, 11) is 1.30. The Kier molecular flexibility index (Phi) is 7.02. The molecular formula is C22H15F5N2O4. The molecule has 0 N–H and O–H groups in total. The highest BCUT2D eigenvalue weighted by Crippen LogP contribution is 2.30. The first kappa shape index (κ1) is 23.8. The molecule has 0 spiro atoms. The molecule has 3 aromatic rings. The molecule has 2 aromatic carbocycles. The number of aromatic nitrogens is 2. The van der Waals surface area contributed by atoms with Crippen molar-refractivity contribution in [1.29, 1.82) is 0 Å². The molecule has 0 saturated carbocycles. The van der Waals surface area contributed by atoms with Gasteiger partial charge in [0, 0.05) is 18.7 Å². The second-order valence-corrected chi connectivity index (χ2v) is 6.57. The van der Waals surface area contributed by atoms with Crippen molar-refractivity contribution in [3.8, 4) is 16.9 Å². The van der Waals surface area contributed by atoms with Crippen LogP contribution < -0.4 is 0 Å². The normalized spacial score (nSPS) is 11.7. The largest absolute Gasteiger partial charge is 0.435 e. The zero-order chi connectivity index (χ0) is 24.2. The topological polar surface area (TPSA) is 70.4 Å². The lowest BCUT2D eigenvalue weighted by atomic mass is 10.1. The summed E-state index contributed by atoms with van der Waals surface area (Å²) < 4.78 is 75.8. The van der Waals surface area contributed by atoms with Crippen molar-refractivity contribution in [2.24, 2.45) is 0 Å². The van der Waals surface area contributed by atoms with Crippen molar-refractivity contribution in [2.75, 3.05) is 13.9 Å². The first-order chi connectivity index (χ1) is 15.6. The van der Waals surface area contributed by atoms with Gasteiger partial charge in [-0.25, -0.2) is 18.3 Å². The molecule has 0 fully saturated rings. The SMILES string of the molecule is COCOC(=O)/C=C\C(=O)c1cc(-c2ccc(F)c(F)c2)nn1-c1ccc(C(F)(F)F)cc1. The molecule has 0 unspecified atom stereocenters. The summed E-state index contributed by atoms with van der Waals surface area (Å²) >= 11 is 0. The highest BCUT2D eigenvalue weighted by Gasteiger charge is 2.30. The van der Waals surface area contributed by atoms with Crippen LogP contribution in [-0.2, 0) is 20.4 Å². The van der Waals surface area contributed by atoms with E-state index in [0.29, 0.717) is 0 Å². The highest BCUT2D eigenvalue weighted by molar-refractivity contribution is 6.06. The van der Waals surface area contributed by atoms with E-state index in [1.807, 2.05) is 0 Å². The van der Waals surface area contributed by atoms with Crippen LogP contribution in [0.2, 0.25) is 0 Å². The van der Waals surface area contributed by atoms with Crippen molar-refractivity contribution < 1.29 is 41.0 Å². The summed E-state index contributed by atoms with van der Waals surface area (Å²) in [6.45, 7) is -0.332. The van der Waals surface area contributed by atoms with Gasteiger partial charge in [0.2, 0.25) is 5.78 Å². The lowest BCUT2D eigenvalue weighted by Gasteiger charge is -2.09. The third-order valence-electron chi connectivity index (χ3n) is 4.31. The molecule has 6 nitrogen and oxygen atoms in total. The van der Waals surface area contributed by atoms with E-state index in [4.69, 9.17) is 0 Å². The van der Waals surface area contributed by atoms with Gasteiger partial charge >= 0.3 is 12.1 Å². The van der Waals surface area contributed by atoms with Gasteiger partial charge < -0.3 is 9.47 Å². The minimum Gasteiger partial charge on any atom is -0.435 e. The first-order valence-corrected chi connectivity index (χ1v) is 9.21. The van der Waals surface area contributed by atoms with Gasteiger partial charge in [0.05, 0.1) is 16.9 Å². The number of halogens is 5. The number of ketones is 1. The fourth-order valence-electron chi connectivity index (χ4n) is 2.74. The van der Waals surface area contributed by atoms with E-state index < -0.39 is 35.1 Å². The van der Waals surface area contributed by atoms with Crippen LogP contribution in [0.15, 0.2) is 60.7 Å². The highest BCUT2D eigenvalue weighted by atomic mass is 19.4. The van der Waals surface area contributed by atoms with Crippen LogP contribution in [-0.4, -0.2) is 35.4 Å². The van der Waals surface area contributed by atoms with Crippen molar-refractivity contribution in [3.63, 3.8) is 0 Å². The molecule has 0 amide bonds. The molecule has 0 bridgehead atoms. The van der Waals surface area contributed by atoms with Gasteiger partial charge in [-0.1, -0.05) is 0 Å². The van der Waals surface area contributed by atoms with Crippen LogP contribution in [0.25, 0.3) is 16.9 Å². The number of carbonyl (C=O) groups is 2. The average molecular weight is 466 g/mol. The number of methoxy groups -OCH3 is 1. The summed E-state index contributed by atoms with van der Waals surface area (Å²) in [6.07, 6.45) is -2.85. The molecule has 0 atom stereocenters. The Balaban J connectivity index is 2.03. The first-order valence-electron chi connectivity index (χ1n) is 9.21. The van der Waals surface area contributed by atoms with Crippen LogP contribution in [0.1, 0.15) is 16.1 Å². The van der Waals surface area contributed by atoms with Gasteiger partial charge in [0.25, 0.3) is 0 Å². The number of alkyl halides is 3. The minimum atomic E-state index is -4.57. The summed E-state index contributed by atoms with van der Waals surface area (Å²) in [5.74, 6) is -3.85. The molecule has 0 radical (unpaired) electrons. The third-order valence-corrected chi connectivity index (χ3v) is 4.31. The molecule has 0 aliphatic carbocycles. The Labute approximate surface area is 183 Å². The number of benzene rings is 2. The van der Waals surface area contributed by atoms with E-state index in [-0.39, 0.29) is 29.4 Å². The zero-order valence-electron chi connectivity index (χ0n) is 16.9. The maximum atomic E-state index is 13.7. The van der Waals surface area contributed by atoms with Gasteiger partial charge in [-0.15, -0.1) is 0 Å². The van der Waals surface area contributed by atoms with Gasteiger partial charge in [-0.3, -0.25) is 4.79 Å². The lowest BCUT2D eigenvalue weighted by molar-refractivity contribution is -0.148. The number of hydrogen-bond acceptors (Lipinski definition) is 5. The monoisotopic (exact) mass is 466 g/mol. The number of esters is 1. The molecule has 1 aromatic heterocycles. The number of nitrogens with zero attached hydrogens (tertiary/aromatic N) is 2. The van der Waals surface area contributed by atoms with Crippen molar-refractivity contribution in [1.82, 2.24) is 9.78 Å². The van der Waals surface area contributed by atoms with Crippen LogP contribution in [0.5, 0.6) is 0 Å². The molecule has 0 saturated heterocycles. The molecule has 0 aliphatic rings. The summed E-state index contributed by atoms with van der Waals surface area (Å²) in [6, 6.07) is 7.99. The van der Waals surface area contributed by atoms with Gasteiger partial charge in [0.1, 0.15) is 5.69 Å². The Morgan fingerprint density at radius 3 is 2.30 bits per heavy atom. The Hall–Kier alpha value is -3.86. The van der Waals surface area contributed by atoms with Crippen molar-refractivity contribution in [3.05, 3.63) is 83.6 Å². The van der Waals surface area contributed by atoms with Crippen molar-refractivity contribution in [2.45, 2.75) is 6.18 Å². The maximum Gasteiger partial charge on any atom is 0.416 e. The molecule has 11 heteroatoms.